The third kappa shape index (κ3) is 5.19. The molecule has 5 rings (SSSR count). The van der Waals surface area contributed by atoms with Gasteiger partial charge in [-0.2, -0.15) is 20.3 Å². The number of ether oxygens (including phenoxy) is 2. The first kappa shape index (κ1) is 26.3. The molecular formula is C18H25ClN9O8P. The molecule has 1 aliphatic heterocycles. The molecule has 17 nitrogen and oxygen atoms in total. The summed E-state index contributed by atoms with van der Waals surface area (Å²) >= 11 is 6.11. The molecule has 7 N–H and O–H groups in total. The summed E-state index contributed by atoms with van der Waals surface area (Å²) in [6.07, 6.45) is -2.39. The maximum Gasteiger partial charge on any atom is 0.359 e. The van der Waals surface area contributed by atoms with Crippen LogP contribution in [0, 0.1) is 5.92 Å². The first-order chi connectivity index (χ1) is 17.6. The van der Waals surface area contributed by atoms with Crippen molar-refractivity contribution in [2.45, 2.75) is 49.1 Å². The Kier molecular flexibility index (Phi) is 7.16. The van der Waals surface area contributed by atoms with Crippen molar-refractivity contribution in [1.29, 1.82) is 0 Å². The van der Waals surface area contributed by atoms with Crippen LogP contribution in [0.4, 0.5) is 5.82 Å². The molecule has 19 heteroatoms. The van der Waals surface area contributed by atoms with Gasteiger partial charge < -0.3 is 39.9 Å². The number of hydrogen-bond donors (Lipinski definition) is 7. The maximum absolute atomic E-state index is 12.2. The lowest BCUT2D eigenvalue weighted by molar-refractivity contribution is -0.109. The zero-order chi connectivity index (χ0) is 26.4. The Bertz CT molecular complexity index is 1290. The standard InChI is InChI=1S/C18H25ClN9O8P/c19-17-22-14(20-4-8-1-2-8)9-5-21-28(15(9)23-17)16-13(31)12(30)10(36-16)6-35-18(7-29,37(32,33)34)3-11-24-26-27-25-11/h5,8,10,12-13,16,29-31H,1-4,6-7H2,(H,20,22,23)(H2,32,33,34)(H,24,25,26,27)/t10-,12-,13-,16-,18+/m1/s1. The molecule has 0 spiro atoms. The molecular weight excluding hydrogens is 537 g/mol. The van der Waals surface area contributed by atoms with E-state index in [9.17, 15) is 29.7 Å². The summed E-state index contributed by atoms with van der Waals surface area (Å²) in [4.78, 5) is 28.2. The van der Waals surface area contributed by atoms with E-state index in [0.717, 1.165) is 12.8 Å². The van der Waals surface area contributed by atoms with Gasteiger partial charge in [0.25, 0.3) is 0 Å². The van der Waals surface area contributed by atoms with E-state index in [4.69, 9.17) is 21.1 Å². The normalized spacial score (nSPS) is 26.0. The van der Waals surface area contributed by atoms with Gasteiger partial charge in [-0.15, -0.1) is 10.2 Å². The number of hydrogen-bond acceptors (Lipinski definition) is 13. The molecule has 1 aliphatic carbocycles. The predicted octanol–water partition coefficient (Wildman–Crippen LogP) is -1.44. The number of aliphatic hydroxyl groups excluding tert-OH is 3. The minimum absolute atomic E-state index is 0.0590. The topological polar surface area (TPSA) is 247 Å². The fraction of sp³-hybridized carbons (Fsp3) is 0.667. The van der Waals surface area contributed by atoms with Crippen LogP contribution in [0.25, 0.3) is 11.0 Å². The Morgan fingerprint density at radius 2 is 2.08 bits per heavy atom. The Balaban J connectivity index is 1.35. The molecule has 0 radical (unpaired) electrons. The molecule has 4 heterocycles. The lowest BCUT2D eigenvalue weighted by atomic mass is 10.1. The van der Waals surface area contributed by atoms with E-state index >= 15 is 0 Å². The molecule has 2 aliphatic rings. The average Bonchev–Trinajstić information content (AvgIpc) is 3.23. The minimum atomic E-state index is -5.11. The van der Waals surface area contributed by atoms with Gasteiger partial charge in [0.2, 0.25) is 5.28 Å². The number of aliphatic hydroxyl groups is 3. The highest BCUT2D eigenvalue weighted by molar-refractivity contribution is 7.53. The van der Waals surface area contributed by atoms with Gasteiger partial charge >= 0.3 is 7.60 Å². The highest BCUT2D eigenvalue weighted by Crippen LogP contribution is 2.53. The number of halogens is 1. The summed E-state index contributed by atoms with van der Waals surface area (Å²) in [5.74, 6) is 0.916. The number of nitrogens with one attached hydrogen (secondary N) is 2. The first-order valence-electron chi connectivity index (χ1n) is 11.3. The Morgan fingerprint density at radius 3 is 2.73 bits per heavy atom. The predicted molar refractivity (Wildman–Crippen MR) is 123 cm³/mol. The monoisotopic (exact) mass is 561 g/mol. The zero-order valence-electron chi connectivity index (χ0n) is 19.1. The maximum atomic E-state index is 12.2. The van der Waals surface area contributed by atoms with Crippen molar-refractivity contribution in [2.75, 3.05) is 25.1 Å². The fourth-order valence-corrected chi connectivity index (χ4v) is 4.96. The minimum Gasteiger partial charge on any atom is -0.393 e. The van der Waals surface area contributed by atoms with E-state index in [1.165, 1.54) is 10.9 Å². The van der Waals surface area contributed by atoms with Crippen LogP contribution < -0.4 is 5.32 Å². The molecule has 3 aromatic heterocycles. The summed E-state index contributed by atoms with van der Waals surface area (Å²) in [7, 11) is -5.11. The smallest absolute Gasteiger partial charge is 0.359 e. The van der Waals surface area contributed by atoms with Crippen molar-refractivity contribution in [3.05, 3.63) is 17.3 Å². The van der Waals surface area contributed by atoms with Crippen LogP contribution in [0.5, 0.6) is 0 Å². The number of anilines is 1. The van der Waals surface area contributed by atoms with E-state index in [1.54, 1.807) is 0 Å². The summed E-state index contributed by atoms with van der Waals surface area (Å²) in [6, 6.07) is 0. The summed E-state index contributed by atoms with van der Waals surface area (Å²) in [5, 5.41) is 49.4. The van der Waals surface area contributed by atoms with Gasteiger partial charge in [0.05, 0.1) is 31.2 Å². The van der Waals surface area contributed by atoms with Crippen LogP contribution in [0.15, 0.2) is 6.20 Å². The molecule has 5 atom stereocenters. The molecule has 37 heavy (non-hydrogen) atoms. The number of fused-ring (bicyclic) bond motifs is 1. The van der Waals surface area contributed by atoms with Crippen LogP contribution in [-0.4, -0.2) is 109 Å². The van der Waals surface area contributed by atoms with Gasteiger partial charge in [-0.1, -0.05) is 5.21 Å². The average molecular weight is 562 g/mol. The number of aromatic amines is 1. The van der Waals surface area contributed by atoms with E-state index in [0.29, 0.717) is 23.7 Å². The van der Waals surface area contributed by atoms with Crippen molar-refractivity contribution in [3.63, 3.8) is 0 Å². The van der Waals surface area contributed by atoms with Crippen molar-refractivity contribution >= 4 is 36.0 Å². The third-order valence-corrected chi connectivity index (χ3v) is 8.04. The summed E-state index contributed by atoms with van der Waals surface area (Å²) < 4.78 is 24.7. The fourth-order valence-electron chi connectivity index (χ4n) is 4.03. The van der Waals surface area contributed by atoms with E-state index in [1.807, 2.05) is 0 Å². The largest absolute Gasteiger partial charge is 0.393 e. The number of rotatable bonds is 11. The van der Waals surface area contributed by atoms with Gasteiger partial charge in [0.15, 0.2) is 23.0 Å². The molecule has 0 bridgehead atoms. The molecule has 1 saturated heterocycles. The number of tetrazole rings is 1. The number of aromatic nitrogens is 8. The second kappa shape index (κ2) is 10.1. The molecule has 2 fully saturated rings. The van der Waals surface area contributed by atoms with Crippen molar-refractivity contribution in [3.8, 4) is 0 Å². The second-order valence-electron chi connectivity index (χ2n) is 9.00. The van der Waals surface area contributed by atoms with Crippen molar-refractivity contribution in [2.24, 2.45) is 5.92 Å². The van der Waals surface area contributed by atoms with Gasteiger partial charge in [-0.3, -0.25) is 4.57 Å². The summed E-state index contributed by atoms with van der Waals surface area (Å²) in [6.45, 7) is -0.998. The highest BCUT2D eigenvalue weighted by Gasteiger charge is 2.52. The van der Waals surface area contributed by atoms with Crippen LogP contribution in [-0.2, 0) is 20.5 Å². The molecule has 3 aromatic rings. The van der Waals surface area contributed by atoms with Crippen molar-refractivity contribution < 1.29 is 39.1 Å². The van der Waals surface area contributed by atoms with Crippen LogP contribution in [0.3, 0.4) is 0 Å². The van der Waals surface area contributed by atoms with E-state index < -0.39 is 57.1 Å². The third-order valence-electron chi connectivity index (χ3n) is 6.38. The lowest BCUT2D eigenvalue weighted by Gasteiger charge is -2.32. The Hall–Kier alpha value is -2.34. The highest BCUT2D eigenvalue weighted by atomic mass is 35.5. The first-order valence-corrected chi connectivity index (χ1v) is 13.3. The molecule has 0 unspecified atom stereocenters. The van der Waals surface area contributed by atoms with Crippen molar-refractivity contribution in [1.82, 2.24) is 40.4 Å². The lowest BCUT2D eigenvalue weighted by Crippen LogP contribution is -2.43. The van der Waals surface area contributed by atoms with Crippen LogP contribution in [0.2, 0.25) is 5.28 Å². The van der Waals surface area contributed by atoms with Crippen LogP contribution in [0.1, 0.15) is 24.9 Å². The molecule has 0 aromatic carbocycles. The SMILES string of the molecule is O=P(O)(O)[C@](CO)(Cc1nn[nH]n1)OC[C@H]1O[C@@H](n2ncc3c(NCC4CC4)nc(Cl)nc32)[C@H](O)[C@@H]1O. The van der Waals surface area contributed by atoms with E-state index in [-0.39, 0.29) is 16.8 Å². The Labute approximate surface area is 213 Å². The quantitative estimate of drug-likeness (QED) is 0.105. The van der Waals surface area contributed by atoms with Gasteiger partial charge in [-0.25, -0.2) is 4.68 Å². The van der Waals surface area contributed by atoms with E-state index in [2.05, 4.69) is 41.0 Å². The molecule has 202 valence electrons. The summed E-state index contributed by atoms with van der Waals surface area (Å²) in [5.41, 5.74) is 0.244. The Morgan fingerprint density at radius 1 is 1.30 bits per heavy atom. The second-order valence-corrected chi connectivity index (χ2v) is 11.2. The van der Waals surface area contributed by atoms with Gasteiger partial charge in [0, 0.05) is 6.54 Å². The number of H-pyrrole nitrogens is 1. The zero-order valence-corrected chi connectivity index (χ0v) is 20.8. The van der Waals surface area contributed by atoms with Gasteiger partial charge in [0.1, 0.15) is 24.1 Å². The number of nitrogens with zero attached hydrogens (tertiary/aromatic N) is 7. The molecule has 0 amide bonds. The molecule has 1 saturated carbocycles. The van der Waals surface area contributed by atoms with Crippen LogP contribution >= 0.6 is 19.2 Å². The van der Waals surface area contributed by atoms with Gasteiger partial charge in [-0.05, 0) is 30.4 Å².